The van der Waals surface area contributed by atoms with Crippen molar-refractivity contribution in [1.29, 1.82) is 0 Å². The van der Waals surface area contributed by atoms with Crippen molar-refractivity contribution in [2.24, 2.45) is 4.99 Å². The van der Waals surface area contributed by atoms with Gasteiger partial charge in [0.2, 0.25) is 0 Å². The Balaban J connectivity index is 1.75. The molecule has 2 aromatic carbocycles. The molecule has 2 aromatic rings. The van der Waals surface area contributed by atoms with Crippen molar-refractivity contribution in [3.05, 3.63) is 59.7 Å². The summed E-state index contributed by atoms with van der Waals surface area (Å²) < 4.78 is 10.4. The number of hydrogen-bond donors (Lipinski definition) is 2. The van der Waals surface area contributed by atoms with E-state index in [0.717, 1.165) is 37.0 Å². The molecular weight excluding hydrogens is 326 g/mol. The lowest BCUT2D eigenvalue weighted by Crippen LogP contribution is -2.37. The van der Waals surface area contributed by atoms with Crippen LogP contribution in [0.5, 0.6) is 11.5 Å². The van der Waals surface area contributed by atoms with E-state index in [1.54, 1.807) is 21.3 Å². The molecule has 0 amide bonds. The van der Waals surface area contributed by atoms with E-state index in [1.165, 1.54) is 11.1 Å². The van der Waals surface area contributed by atoms with Gasteiger partial charge in [-0.1, -0.05) is 31.2 Å². The van der Waals surface area contributed by atoms with Crippen molar-refractivity contribution in [2.75, 3.05) is 27.8 Å². The second kappa shape index (κ2) is 10.3. The molecule has 0 bridgehead atoms. The van der Waals surface area contributed by atoms with Crippen molar-refractivity contribution in [1.82, 2.24) is 10.6 Å². The first-order chi connectivity index (χ1) is 12.7. The molecule has 26 heavy (non-hydrogen) atoms. The highest BCUT2D eigenvalue weighted by atomic mass is 16.5. The highest BCUT2D eigenvalue weighted by Crippen LogP contribution is 2.21. The van der Waals surface area contributed by atoms with Crippen LogP contribution in [0.3, 0.4) is 0 Å². The maximum atomic E-state index is 5.21. The lowest BCUT2D eigenvalue weighted by Gasteiger charge is -2.15. The Labute approximate surface area is 156 Å². The molecule has 1 unspecified atom stereocenters. The van der Waals surface area contributed by atoms with Gasteiger partial charge in [0, 0.05) is 20.1 Å². The molecule has 0 aromatic heterocycles. The minimum Gasteiger partial charge on any atom is -0.497 e. The van der Waals surface area contributed by atoms with Crippen LogP contribution in [0.2, 0.25) is 0 Å². The number of nitrogens with zero attached hydrogens (tertiary/aromatic N) is 1. The standard InChI is InChI=1S/C21H29N3O2/c1-16(18-7-11-20(26-4)12-8-18)13-14-23-21(22-2)24-15-17-5-9-19(25-3)10-6-17/h5-12,16H,13-15H2,1-4H3,(H2,22,23,24). The van der Waals surface area contributed by atoms with Crippen molar-refractivity contribution < 1.29 is 9.47 Å². The minimum atomic E-state index is 0.466. The fourth-order valence-electron chi connectivity index (χ4n) is 2.66. The quantitative estimate of drug-likeness (QED) is 0.561. The second-order valence-electron chi connectivity index (χ2n) is 6.16. The zero-order chi connectivity index (χ0) is 18.8. The van der Waals surface area contributed by atoms with Gasteiger partial charge in [-0.05, 0) is 47.7 Å². The smallest absolute Gasteiger partial charge is 0.191 e. The average Bonchev–Trinajstić information content (AvgIpc) is 2.70. The first-order valence-electron chi connectivity index (χ1n) is 8.87. The Morgan fingerprint density at radius 2 is 1.50 bits per heavy atom. The zero-order valence-corrected chi connectivity index (χ0v) is 16.1. The van der Waals surface area contributed by atoms with Crippen molar-refractivity contribution in [3.8, 4) is 11.5 Å². The van der Waals surface area contributed by atoms with E-state index in [0.29, 0.717) is 5.92 Å². The summed E-state index contributed by atoms with van der Waals surface area (Å²) in [4.78, 5) is 4.28. The number of benzene rings is 2. The molecule has 0 aliphatic heterocycles. The molecule has 0 heterocycles. The fraction of sp³-hybridized carbons (Fsp3) is 0.381. The number of hydrogen-bond acceptors (Lipinski definition) is 3. The molecule has 1 atom stereocenters. The zero-order valence-electron chi connectivity index (χ0n) is 16.1. The van der Waals surface area contributed by atoms with Gasteiger partial charge in [-0.2, -0.15) is 0 Å². The third-order valence-corrected chi connectivity index (χ3v) is 4.40. The number of ether oxygens (including phenoxy) is 2. The number of guanidine groups is 1. The predicted octanol–water partition coefficient (Wildman–Crippen LogP) is 3.56. The lowest BCUT2D eigenvalue weighted by molar-refractivity contribution is 0.414. The Morgan fingerprint density at radius 1 is 0.923 bits per heavy atom. The molecular formula is C21H29N3O2. The molecule has 2 rings (SSSR count). The van der Waals surface area contributed by atoms with Crippen molar-refractivity contribution in [3.63, 3.8) is 0 Å². The highest BCUT2D eigenvalue weighted by molar-refractivity contribution is 5.79. The van der Waals surface area contributed by atoms with Crippen LogP contribution in [0.25, 0.3) is 0 Å². The molecule has 0 radical (unpaired) electrons. The Kier molecular flexibility index (Phi) is 7.80. The van der Waals surface area contributed by atoms with E-state index in [2.05, 4.69) is 34.7 Å². The summed E-state index contributed by atoms with van der Waals surface area (Å²) in [6.45, 7) is 3.81. The SMILES string of the molecule is CN=C(NCCC(C)c1ccc(OC)cc1)NCc1ccc(OC)cc1. The van der Waals surface area contributed by atoms with E-state index in [1.807, 2.05) is 36.4 Å². The largest absolute Gasteiger partial charge is 0.497 e. The molecule has 0 spiro atoms. The van der Waals surface area contributed by atoms with Crippen LogP contribution in [0.1, 0.15) is 30.4 Å². The molecule has 5 nitrogen and oxygen atoms in total. The summed E-state index contributed by atoms with van der Waals surface area (Å²) in [5.41, 5.74) is 2.49. The molecule has 0 saturated carbocycles. The molecule has 0 aliphatic carbocycles. The topological polar surface area (TPSA) is 54.9 Å². The van der Waals surface area contributed by atoms with Gasteiger partial charge >= 0.3 is 0 Å². The summed E-state index contributed by atoms with van der Waals surface area (Å²) in [6, 6.07) is 16.3. The van der Waals surface area contributed by atoms with Gasteiger partial charge in [-0.3, -0.25) is 4.99 Å². The third-order valence-electron chi connectivity index (χ3n) is 4.40. The highest BCUT2D eigenvalue weighted by Gasteiger charge is 2.06. The molecule has 0 aliphatic rings. The maximum absolute atomic E-state index is 5.21. The van der Waals surface area contributed by atoms with Crippen molar-refractivity contribution in [2.45, 2.75) is 25.8 Å². The van der Waals surface area contributed by atoms with E-state index < -0.39 is 0 Å². The first kappa shape index (κ1) is 19.6. The van der Waals surface area contributed by atoms with Crippen LogP contribution >= 0.6 is 0 Å². The Morgan fingerprint density at radius 3 is 2.04 bits per heavy atom. The van der Waals surface area contributed by atoms with Crippen LogP contribution in [0, 0.1) is 0 Å². The monoisotopic (exact) mass is 355 g/mol. The first-order valence-corrected chi connectivity index (χ1v) is 8.87. The van der Waals surface area contributed by atoms with Gasteiger partial charge in [0.05, 0.1) is 14.2 Å². The summed E-state index contributed by atoms with van der Waals surface area (Å²) in [5, 5.41) is 6.71. The molecule has 140 valence electrons. The van der Waals surface area contributed by atoms with Crippen molar-refractivity contribution >= 4 is 5.96 Å². The van der Waals surface area contributed by atoms with Crippen LogP contribution in [-0.4, -0.2) is 33.8 Å². The van der Waals surface area contributed by atoms with Gasteiger partial charge in [-0.25, -0.2) is 0 Å². The van der Waals surface area contributed by atoms with E-state index in [-0.39, 0.29) is 0 Å². The minimum absolute atomic E-state index is 0.466. The normalized spacial score (nSPS) is 12.4. The van der Waals surface area contributed by atoms with Gasteiger partial charge in [0.1, 0.15) is 11.5 Å². The van der Waals surface area contributed by atoms with Gasteiger partial charge < -0.3 is 20.1 Å². The summed E-state index contributed by atoms with van der Waals surface area (Å²) in [5.74, 6) is 3.03. The van der Waals surface area contributed by atoms with Crippen LogP contribution in [-0.2, 0) is 6.54 Å². The van der Waals surface area contributed by atoms with Crippen LogP contribution < -0.4 is 20.1 Å². The molecule has 0 fully saturated rings. The van der Waals surface area contributed by atoms with E-state index >= 15 is 0 Å². The van der Waals surface area contributed by atoms with Crippen LogP contribution in [0.4, 0.5) is 0 Å². The number of rotatable bonds is 8. The van der Waals surface area contributed by atoms with E-state index in [4.69, 9.17) is 9.47 Å². The third kappa shape index (κ3) is 5.99. The summed E-state index contributed by atoms with van der Waals surface area (Å²) in [6.07, 6.45) is 1.02. The van der Waals surface area contributed by atoms with Gasteiger partial charge in [0.15, 0.2) is 5.96 Å². The second-order valence-corrected chi connectivity index (χ2v) is 6.16. The summed E-state index contributed by atoms with van der Waals surface area (Å²) in [7, 11) is 5.15. The van der Waals surface area contributed by atoms with Crippen LogP contribution in [0.15, 0.2) is 53.5 Å². The number of methoxy groups -OCH3 is 2. The van der Waals surface area contributed by atoms with Gasteiger partial charge in [0.25, 0.3) is 0 Å². The van der Waals surface area contributed by atoms with E-state index in [9.17, 15) is 0 Å². The number of nitrogens with one attached hydrogen (secondary N) is 2. The maximum Gasteiger partial charge on any atom is 0.191 e. The molecule has 5 heteroatoms. The summed E-state index contributed by atoms with van der Waals surface area (Å²) >= 11 is 0. The molecule has 2 N–H and O–H groups in total. The Bertz CT molecular complexity index is 681. The predicted molar refractivity (Wildman–Crippen MR) is 107 cm³/mol. The Hall–Kier alpha value is -2.69. The molecule has 0 saturated heterocycles. The lowest BCUT2D eigenvalue weighted by atomic mass is 9.98. The average molecular weight is 355 g/mol. The van der Waals surface area contributed by atoms with Gasteiger partial charge in [-0.15, -0.1) is 0 Å². The fourth-order valence-corrected chi connectivity index (χ4v) is 2.66. The number of aliphatic imine (C=N–C) groups is 1.